The van der Waals surface area contributed by atoms with E-state index in [1.807, 2.05) is 6.07 Å². The number of aliphatic carboxylic acids is 1. The number of amides is 2. The van der Waals surface area contributed by atoms with Gasteiger partial charge in [-0.3, -0.25) is 9.88 Å². The van der Waals surface area contributed by atoms with E-state index in [1.165, 1.54) is 0 Å². The zero-order valence-electron chi connectivity index (χ0n) is 11.9. The second-order valence-electron chi connectivity index (χ2n) is 4.94. The lowest BCUT2D eigenvalue weighted by molar-refractivity contribution is -0.145. The van der Waals surface area contributed by atoms with Gasteiger partial charge in [-0.15, -0.1) is 0 Å². The first-order valence-corrected chi connectivity index (χ1v) is 6.84. The summed E-state index contributed by atoms with van der Waals surface area (Å²) in [6.45, 7) is 0.843. The van der Waals surface area contributed by atoms with Crippen molar-refractivity contribution in [1.82, 2.24) is 9.88 Å². The lowest BCUT2D eigenvalue weighted by Gasteiger charge is -2.34. The molecule has 7 heteroatoms. The second-order valence-corrected chi connectivity index (χ2v) is 4.94. The number of carbonyl (C=O) groups is 2. The molecule has 0 saturated carbocycles. The minimum atomic E-state index is -0.968. The standard InChI is InChI=1S/C14H19N3O4/c1-16(11-3-2-6-15-9-11)14(20)17-7-4-12(5-8-17)21-10-13(18)19/h2-3,6,9,12H,4-5,7-8,10H2,1H3,(H,18,19). The molecule has 1 N–H and O–H groups in total. The molecule has 0 radical (unpaired) electrons. The van der Waals surface area contributed by atoms with Crippen LogP contribution in [0.5, 0.6) is 0 Å². The summed E-state index contributed by atoms with van der Waals surface area (Å²) in [5.74, 6) is -0.968. The number of rotatable bonds is 4. The molecule has 1 aliphatic heterocycles. The molecule has 1 aromatic rings. The summed E-state index contributed by atoms with van der Waals surface area (Å²) in [4.78, 5) is 30.1. The Bertz CT molecular complexity index is 486. The second kappa shape index (κ2) is 7.03. The van der Waals surface area contributed by atoms with E-state index in [2.05, 4.69) is 4.98 Å². The molecule has 7 nitrogen and oxygen atoms in total. The lowest BCUT2D eigenvalue weighted by atomic mass is 10.1. The van der Waals surface area contributed by atoms with E-state index in [0.29, 0.717) is 25.9 Å². The molecule has 0 unspecified atom stereocenters. The lowest BCUT2D eigenvalue weighted by Crippen LogP contribution is -2.47. The van der Waals surface area contributed by atoms with E-state index < -0.39 is 5.97 Å². The van der Waals surface area contributed by atoms with Gasteiger partial charge in [-0.2, -0.15) is 0 Å². The topological polar surface area (TPSA) is 83.0 Å². The van der Waals surface area contributed by atoms with Crippen molar-refractivity contribution in [3.05, 3.63) is 24.5 Å². The summed E-state index contributed by atoms with van der Waals surface area (Å²) in [5, 5.41) is 8.58. The van der Waals surface area contributed by atoms with Crippen LogP contribution in [0.1, 0.15) is 12.8 Å². The number of likely N-dealkylation sites (tertiary alicyclic amines) is 1. The average Bonchev–Trinajstić information content (AvgIpc) is 2.53. The molecule has 2 heterocycles. The van der Waals surface area contributed by atoms with E-state index in [4.69, 9.17) is 9.84 Å². The molecule has 1 saturated heterocycles. The van der Waals surface area contributed by atoms with Crippen LogP contribution in [-0.2, 0) is 9.53 Å². The van der Waals surface area contributed by atoms with Crippen LogP contribution >= 0.6 is 0 Å². The maximum Gasteiger partial charge on any atom is 0.329 e. The number of ether oxygens (including phenoxy) is 1. The van der Waals surface area contributed by atoms with Gasteiger partial charge in [0.1, 0.15) is 6.61 Å². The van der Waals surface area contributed by atoms with Gasteiger partial charge >= 0.3 is 12.0 Å². The molecule has 0 spiro atoms. The van der Waals surface area contributed by atoms with Crippen molar-refractivity contribution >= 4 is 17.7 Å². The minimum Gasteiger partial charge on any atom is -0.480 e. The van der Waals surface area contributed by atoms with Crippen LogP contribution in [0.3, 0.4) is 0 Å². The fourth-order valence-corrected chi connectivity index (χ4v) is 2.28. The summed E-state index contributed by atoms with van der Waals surface area (Å²) in [6, 6.07) is 3.53. The van der Waals surface area contributed by atoms with Gasteiger partial charge in [-0.25, -0.2) is 9.59 Å². The fraction of sp³-hybridized carbons (Fsp3) is 0.500. The molecule has 1 aliphatic rings. The Morgan fingerprint density at radius 2 is 2.19 bits per heavy atom. The summed E-state index contributed by atoms with van der Waals surface area (Å²) < 4.78 is 5.26. The maximum absolute atomic E-state index is 12.4. The van der Waals surface area contributed by atoms with Crippen molar-refractivity contribution in [3.8, 4) is 0 Å². The number of carbonyl (C=O) groups excluding carboxylic acids is 1. The van der Waals surface area contributed by atoms with Crippen molar-refractivity contribution in [3.63, 3.8) is 0 Å². The summed E-state index contributed by atoms with van der Waals surface area (Å²) in [6.07, 6.45) is 4.52. The van der Waals surface area contributed by atoms with Crippen LogP contribution in [0.15, 0.2) is 24.5 Å². The Morgan fingerprint density at radius 1 is 1.48 bits per heavy atom. The van der Waals surface area contributed by atoms with Crippen molar-refractivity contribution in [1.29, 1.82) is 0 Å². The first-order valence-electron chi connectivity index (χ1n) is 6.84. The van der Waals surface area contributed by atoms with Gasteiger partial charge in [0.25, 0.3) is 0 Å². The number of urea groups is 1. The van der Waals surface area contributed by atoms with Crippen LogP contribution < -0.4 is 4.90 Å². The van der Waals surface area contributed by atoms with Crippen molar-refractivity contribution in [2.24, 2.45) is 0 Å². The number of pyridine rings is 1. The third-order valence-corrected chi connectivity index (χ3v) is 3.48. The van der Waals surface area contributed by atoms with Gasteiger partial charge in [0, 0.05) is 26.3 Å². The van der Waals surface area contributed by atoms with Crippen LogP contribution in [0.2, 0.25) is 0 Å². The number of anilines is 1. The smallest absolute Gasteiger partial charge is 0.329 e. The molecule has 1 fully saturated rings. The first kappa shape index (κ1) is 15.2. The molecule has 0 aliphatic carbocycles. The molecule has 21 heavy (non-hydrogen) atoms. The number of hydrogen-bond acceptors (Lipinski definition) is 4. The number of piperidine rings is 1. The number of nitrogens with zero attached hydrogens (tertiary/aromatic N) is 3. The maximum atomic E-state index is 12.4. The number of carboxylic acids is 1. The van der Waals surface area contributed by atoms with E-state index in [1.54, 1.807) is 35.3 Å². The first-order chi connectivity index (χ1) is 10.1. The SMILES string of the molecule is CN(C(=O)N1CCC(OCC(=O)O)CC1)c1cccnc1. The Morgan fingerprint density at radius 3 is 2.76 bits per heavy atom. The van der Waals surface area contributed by atoms with E-state index in [0.717, 1.165) is 5.69 Å². The molecule has 114 valence electrons. The van der Waals surface area contributed by atoms with Gasteiger partial charge in [0.05, 0.1) is 18.0 Å². The van der Waals surface area contributed by atoms with Crippen LogP contribution in [0.4, 0.5) is 10.5 Å². The highest BCUT2D eigenvalue weighted by Gasteiger charge is 2.26. The molecular formula is C14H19N3O4. The Hall–Kier alpha value is -2.15. The molecule has 0 bridgehead atoms. The van der Waals surface area contributed by atoms with Gasteiger partial charge < -0.3 is 14.7 Å². The largest absolute Gasteiger partial charge is 0.480 e. The Labute approximate surface area is 123 Å². The molecule has 1 aromatic heterocycles. The third kappa shape index (κ3) is 4.16. The van der Waals surface area contributed by atoms with E-state index in [-0.39, 0.29) is 18.7 Å². The highest BCUT2D eigenvalue weighted by Crippen LogP contribution is 2.17. The zero-order chi connectivity index (χ0) is 15.2. The van der Waals surface area contributed by atoms with Crippen LogP contribution in [0.25, 0.3) is 0 Å². The number of carboxylic acid groups (broad SMARTS) is 1. The molecule has 0 aromatic carbocycles. The van der Waals surface area contributed by atoms with Crippen molar-refractivity contribution in [2.75, 3.05) is 31.6 Å². The predicted molar refractivity (Wildman–Crippen MR) is 76.2 cm³/mol. The van der Waals surface area contributed by atoms with Crippen LogP contribution in [-0.4, -0.2) is 59.8 Å². The van der Waals surface area contributed by atoms with Gasteiger partial charge in [-0.05, 0) is 25.0 Å². The van der Waals surface area contributed by atoms with Gasteiger partial charge in [0.15, 0.2) is 0 Å². The highest BCUT2D eigenvalue weighted by atomic mass is 16.5. The Balaban J connectivity index is 1.84. The number of aromatic nitrogens is 1. The fourth-order valence-electron chi connectivity index (χ4n) is 2.28. The molecule has 0 atom stereocenters. The summed E-state index contributed by atoms with van der Waals surface area (Å²) >= 11 is 0. The molecule has 2 amide bonds. The monoisotopic (exact) mass is 293 g/mol. The normalized spacial score (nSPS) is 15.8. The summed E-state index contributed by atoms with van der Waals surface area (Å²) in [5.41, 5.74) is 0.742. The zero-order valence-corrected chi connectivity index (χ0v) is 11.9. The van der Waals surface area contributed by atoms with Gasteiger partial charge in [0.2, 0.25) is 0 Å². The molecule has 2 rings (SSSR count). The summed E-state index contributed by atoms with van der Waals surface area (Å²) in [7, 11) is 1.71. The highest BCUT2D eigenvalue weighted by molar-refractivity contribution is 5.91. The minimum absolute atomic E-state index is 0.0836. The predicted octanol–water partition coefficient (Wildman–Crippen LogP) is 1.20. The average molecular weight is 293 g/mol. The Kier molecular flexibility index (Phi) is 5.10. The van der Waals surface area contributed by atoms with Crippen molar-refractivity contribution in [2.45, 2.75) is 18.9 Å². The quantitative estimate of drug-likeness (QED) is 0.902. The van der Waals surface area contributed by atoms with Gasteiger partial charge in [-0.1, -0.05) is 0 Å². The third-order valence-electron chi connectivity index (χ3n) is 3.48. The van der Waals surface area contributed by atoms with Crippen LogP contribution in [0, 0.1) is 0 Å². The van der Waals surface area contributed by atoms with E-state index >= 15 is 0 Å². The van der Waals surface area contributed by atoms with Crippen molar-refractivity contribution < 1.29 is 19.4 Å². The van der Waals surface area contributed by atoms with E-state index in [9.17, 15) is 9.59 Å². The number of hydrogen-bond donors (Lipinski definition) is 1. The molecular weight excluding hydrogens is 274 g/mol.